The van der Waals surface area contributed by atoms with E-state index in [1.54, 1.807) is 24.3 Å². The molecule has 0 aliphatic heterocycles. The van der Waals surface area contributed by atoms with Crippen LogP contribution in [0.2, 0.25) is 10.0 Å². The number of hydrogen-bond acceptors (Lipinski definition) is 2. The van der Waals surface area contributed by atoms with E-state index >= 15 is 0 Å². The summed E-state index contributed by atoms with van der Waals surface area (Å²) in [6.07, 6.45) is 0. The van der Waals surface area contributed by atoms with Crippen LogP contribution in [0.15, 0.2) is 42.5 Å². The Bertz CT molecular complexity index is 634. The van der Waals surface area contributed by atoms with E-state index in [4.69, 9.17) is 27.9 Å². The predicted octanol–water partition coefficient (Wildman–Crippen LogP) is 4.15. The molecule has 104 valence electrons. The highest BCUT2D eigenvalue weighted by Gasteiger charge is 2.08. The highest BCUT2D eigenvalue weighted by atomic mass is 35.5. The third-order valence-electron chi connectivity index (χ3n) is 2.38. The molecule has 0 fully saturated rings. The lowest BCUT2D eigenvalue weighted by Gasteiger charge is -2.09. The van der Waals surface area contributed by atoms with Gasteiger partial charge in [-0.3, -0.25) is 4.79 Å². The normalized spacial score (nSPS) is 10.2. The maximum atomic E-state index is 13.0. The molecule has 20 heavy (non-hydrogen) atoms. The Morgan fingerprint density at radius 3 is 2.70 bits per heavy atom. The Morgan fingerprint density at radius 2 is 1.95 bits per heavy atom. The van der Waals surface area contributed by atoms with Gasteiger partial charge >= 0.3 is 0 Å². The standard InChI is InChI=1S/C14H10Cl2FNO2/c15-11-5-2-6-12(14(11)16)20-8-13(19)18-10-4-1-3-9(17)7-10/h1-7H,8H2,(H,18,19). The monoisotopic (exact) mass is 313 g/mol. The number of ether oxygens (including phenoxy) is 1. The van der Waals surface area contributed by atoms with Crippen molar-refractivity contribution in [3.8, 4) is 5.75 Å². The van der Waals surface area contributed by atoms with Crippen LogP contribution >= 0.6 is 23.2 Å². The molecule has 0 saturated heterocycles. The smallest absolute Gasteiger partial charge is 0.262 e. The van der Waals surface area contributed by atoms with Crippen molar-refractivity contribution in [1.82, 2.24) is 0 Å². The van der Waals surface area contributed by atoms with Crippen molar-refractivity contribution < 1.29 is 13.9 Å². The zero-order valence-corrected chi connectivity index (χ0v) is 11.7. The van der Waals surface area contributed by atoms with Gasteiger partial charge in [0.25, 0.3) is 5.91 Å². The summed E-state index contributed by atoms with van der Waals surface area (Å²) in [5.41, 5.74) is 0.357. The molecular formula is C14H10Cl2FNO2. The number of carbonyl (C=O) groups excluding carboxylic acids is 1. The fourth-order valence-electron chi connectivity index (χ4n) is 1.50. The summed E-state index contributed by atoms with van der Waals surface area (Å²) in [7, 11) is 0. The average molecular weight is 314 g/mol. The highest BCUT2D eigenvalue weighted by molar-refractivity contribution is 6.42. The van der Waals surface area contributed by atoms with Crippen LogP contribution in [0.5, 0.6) is 5.75 Å². The molecule has 0 atom stereocenters. The summed E-state index contributed by atoms with van der Waals surface area (Å²) in [5.74, 6) is -0.540. The highest BCUT2D eigenvalue weighted by Crippen LogP contribution is 2.31. The number of benzene rings is 2. The van der Waals surface area contributed by atoms with Crippen LogP contribution in [0, 0.1) is 5.82 Å². The Hall–Kier alpha value is -1.78. The van der Waals surface area contributed by atoms with Crippen molar-refractivity contribution in [3.63, 3.8) is 0 Å². The molecule has 0 aromatic heterocycles. The van der Waals surface area contributed by atoms with Gasteiger partial charge in [-0.15, -0.1) is 0 Å². The number of rotatable bonds is 4. The third kappa shape index (κ3) is 3.85. The molecule has 2 aromatic carbocycles. The minimum absolute atomic E-state index is 0.243. The van der Waals surface area contributed by atoms with E-state index < -0.39 is 11.7 Å². The van der Waals surface area contributed by atoms with Crippen LogP contribution < -0.4 is 10.1 Å². The lowest BCUT2D eigenvalue weighted by Crippen LogP contribution is -2.20. The van der Waals surface area contributed by atoms with Gasteiger partial charge in [0.05, 0.1) is 5.02 Å². The Morgan fingerprint density at radius 1 is 1.20 bits per heavy atom. The summed E-state index contributed by atoms with van der Waals surface area (Å²) in [5, 5.41) is 3.09. The lowest BCUT2D eigenvalue weighted by molar-refractivity contribution is -0.118. The van der Waals surface area contributed by atoms with Crippen molar-refractivity contribution >= 4 is 34.8 Å². The molecule has 2 aromatic rings. The molecule has 6 heteroatoms. The average Bonchev–Trinajstić information content (AvgIpc) is 2.40. The number of carbonyl (C=O) groups is 1. The largest absolute Gasteiger partial charge is 0.482 e. The van der Waals surface area contributed by atoms with Crippen LogP contribution in [0.25, 0.3) is 0 Å². The van der Waals surface area contributed by atoms with Gasteiger partial charge < -0.3 is 10.1 Å². The van der Waals surface area contributed by atoms with Gasteiger partial charge in [0.1, 0.15) is 16.6 Å². The topological polar surface area (TPSA) is 38.3 Å². The second kappa shape index (κ2) is 6.59. The second-order valence-electron chi connectivity index (χ2n) is 3.90. The summed E-state index contributed by atoms with van der Waals surface area (Å²) < 4.78 is 18.2. The number of halogens is 3. The molecular weight excluding hydrogens is 304 g/mol. The quantitative estimate of drug-likeness (QED) is 0.920. The molecule has 0 unspecified atom stereocenters. The Labute approximate surface area is 125 Å². The minimum atomic E-state index is -0.429. The van der Waals surface area contributed by atoms with Crippen LogP contribution in [0.3, 0.4) is 0 Å². The third-order valence-corrected chi connectivity index (χ3v) is 3.18. The van der Waals surface area contributed by atoms with E-state index in [0.717, 1.165) is 0 Å². The van der Waals surface area contributed by atoms with Gasteiger partial charge in [-0.25, -0.2) is 4.39 Å². The zero-order valence-electron chi connectivity index (χ0n) is 10.2. The first kappa shape index (κ1) is 14.6. The summed E-state index contributed by atoms with van der Waals surface area (Å²) >= 11 is 11.7. The maximum Gasteiger partial charge on any atom is 0.262 e. The zero-order chi connectivity index (χ0) is 14.5. The van der Waals surface area contributed by atoms with E-state index in [1.807, 2.05) is 0 Å². The van der Waals surface area contributed by atoms with Crippen molar-refractivity contribution in [2.24, 2.45) is 0 Å². The van der Waals surface area contributed by atoms with Crippen LogP contribution in [-0.2, 0) is 4.79 Å². The van der Waals surface area contributed by atoms with Gasteiger partial charge in [0.2, 0.25) is 0 Å². The van der Waals surface area contributed by atoms with E-state index in [1.165, 1.54) is 18.2 Å². The summed E-state index contributed by atoms with van der Waals surface area (Å²) in [6.45, 7) is -0.253. The molecule has 1 N–H and O–H groups in total. The summed E-state index contributed by atoms with van der Waals surface area (Å²) in [6, 6.07) is 10.5. The van der Waals surface area contributed by atoms with Crippen LogP contribution in [0.1, 0.15) is 0 Å². The first-order chi connectivity index (χ1) is 9.56. The summed E-state index contributed by atoms with van der Waals surface area (Å²) in [4.78, 5) is 11.7. The van der Waals surface area contributed by atoms with E-state index in [0.29, 0.717) is 16.5 Å². The molecule has 3 nitrogen and oxygen atoms in total. The SMILES string of the molecule is O=C(COc1cccc(Cl)c1Cl)Nc1cccc(F)c1. The van der Waals surface area contributed by atoms with Crippen molar-refractivity contribution in [1.29, 1.82) is 0 Å². The number of amides is 1. The van der Waals surface area contributed by atoms with Crippen LogP contribution in [-0.4, -0.2) is 12.5 Å². The maximum absolute atomic E-state index is 13.0. The molecule has 2 rings (SSSR count). The molecule has 0 bridgehead atoms. The van der Waals surface area contributed by atoms with Crippen molar-refractivity contribution in [2.75, 3.05) is 11.9 Å². The van der Waals surface area contributed by atoms with Crippen molar-refractivity contribution in [2.45, 2.75) is 0 Å². The molecule has 0 heterocycles. The van der Waals surface area contributed by atoms with Gasteiger partial charge in [-0.1, -0.05) is 35.3 Å². The molecule has 1 amide bonds. The second-order valence-corrected chi connectivity index (χ2v) is 4.68. The predicted molar refractivity (Wildman–Crippen MR) is 77.0 cm³/mol. The molecule has 0 saturated carbocycles. The van der Waals surface area contributed by atoms with E-state index in [9.17, 15) is 9.18 Å². The van der Waals surface area contributed by atoms with Crippen LogP contribution in [0.4, 0.5) is 10.1 Å². The number of hydrogen-bond donors (Lipinski definition) is 1. The van der Waals surface area contributed by atoms with Gasteiger partial charge in [0.15, 0.2) is 6.61 Å². The molecule has 0 aliphatic rings. The van der Waals surface area contributed by atoms with Gasteiger partial charge in [-0.05, 0) is 30.3 Å². The first-order valence-electron chi connectivity index (χ1n) is 5.68. The first-order valence-corrected chi connectivity index (χ1v) is 6.44. The Balaban J connectivity index is 1.94. The van der Waals surface area contributed by atoms with E-state index in [-0.39, 0.29) is 11.6 Å². The minimum Gasteiger partial charge on any atom is -0.482 e. The lowest BCUT2D eigenvalue weighted by atomic mass is 10.3. The molecule has 0 radical (unpaired) electrons. The van der Waals surface area contributed by atoms with E-state index in [2.05, 4.69) is 5.32 Å². The number of nitrogens with one attached hydrogen (secondary N) is 1. The van der Waals surface area contributed by atoms with Gasteiger partial charge in [-0.2, -0.15) is 0 Å². The fourth-order valence-corrected chi connectivity index (χ4v) is 1.85. The van der Waals surface area contributed by atoms with Crippen molar-refractivity contribution in [3.05, 3.63) is 58.3 Å². The fraction of sp³-hybridized carbons (Fsp3) is 0.0714. The molecule has 0 spiro atoms. The number of anilines is 1. The van der Waals surface area contributed by atoms with Gasteiger partial charge in [0, 0.05) is 5.69 Å². The molecule has 0 aliphatic carbocycles. The Kier molecular flexibility index (Phi) is 4.82.